The topological polar surface area (TPSA) is 9.23 Å². The van der Waals surface area contributed by atoms with Gasteiger partial charge >= 0.3 is 0 Å². The van der Waals surface area contributed by atoms with Gasteiger partial charge in [0.1, 0.15) is 11.6 Å². The number of halogens is 3. The van der Waals surface area contributed by atoms with Gasteiger partial charge in [-0.05, 0) is 43.7 Å². The highest BCUT2D eigenvalue weighted by Crippen LogP contribution is 2.37. The molecular weight excluding hydrogens is 343 g/mol. The van der Waals surface area contributed by atoms with Crippen molar-refractivity contribution in [1.29, 1.82) is 0 Å². The maximum absolute atomic E-state index is 13.9. The molecule has 0 bridgehead atoms. The third kappa shape index (κ3) is 3.53. The van der Waals surface area contributed by atoms with Gasteiger partial charge in [0.15, 0.2) is 0 Å². The zero-order valence-corrected chi connectivity index (χ0v) is 13.6. The molecule has 20 heavy (non-hydrogen) atoms. The van der Waals surface area contributed by atoms with Gasteiger partial charge in [-0.2, -0.15) is 0 Å². The molecule has 2 rings (SSSR count). The highest BCUT2D eigenvalue weighted by atomic mass is 79.9. The highest BCUT2D eigenvalue weighted by molar-refractivity contribution is 9.09. The number of alkyl halides is 1. The zero-order valence-electron chi connectivity index (χ0n) is 11.2. The van der Waals surface area contributed by atoms with Crippen molar-refractivity contribution in [1.82, 2.24) is 0 Å². The lowest BCUT2D eigenvalue weighted by atomic mass is 10.0. The van der Waals surface area contributed by atoms with E-state index in [9.17, 15) is 4.39 Å². The predicted molar refractivity (Wildman–Crippen MR) is 84.4 cm³/mol. The minimum absolute atomic E-state index is 0.127. The number of hydrogen-bond donors (Lipinski definition) is 0. The Morgan fingerprint density at radius 3 is 2.30 bits per heavy atom. The lowest BCUT2D eigenvalue weighted by Gasteiger charge is -2.15. The molecule has 4 heteroatoms. The van der Waals surface area contributed by atoms with E-state index >= 15 is 0 Å². The summed E-state index contributed by atoms with van der Waals surface area (Å²) in [5.41, 5.74) is 1.37. The molecule has 0 saturated carbocycles. The molecule has 2 aromatic carbocycles. The van der Waals surface area contributed by atoms with Gasteiger partial charge in [0.25, 0.3) is 0 Å². The molecule has 0 aliphatic rings. The Morgan fingerprint density at radius 1 is 1.10 bits per heavy atom. The summed E-state index contributed by atoms with van der Waals surface area (Å²) in [6.07, 6.45) is 0.127. The van der Waals surface area contributed by atoms with Crippen molar-refractivity contribution in [3.63, 3.8) is 0 Å². The van der Waals surface area contributed by atoms with Gasteiger partial charge < -0.3 is 4.74 Å². The fourth-order valence-electron chi connectivity index (χ4n) is 1.91. The van der Waals surface area contributed by atoms with E-state index in [0.29, 0.717) is 10.6 Å². The van der Waals surface area contributed by atoms with Crippen LogP contribution in [-0.4, -0.2) is 6.10 Å². The van der Waals surface area contributed by atoms with Gasteiger partial charge in [0.05, 0.1) is 10.9 Å². The molecule has 0 amide bonds. The van der Waals surface area contributed by atoms with Gasteiger partial charge in [-0.15, -0.1) is 0 Å². The van der Waals surface area contributed by atoms with Crippen LogP contribution in [0.25, 0.3) is 0 Å². The molecule has 2 aromatic rings. The first-order valence-corrected chi connectivity index (χ1v) is 7.63. The van der Waals surface area contributed by atoms with E-state index in [1.165, 1.54) is 6.07 Å². The maximum Gasteiger partial charge on any atom is 0.129 e. The summed E-state index contributed by atoms with van der Waals surface area (Å²) in [6, 6.07) is 12.2. The SMILES string of the molecule is CC(C)Oc1ccc(C(Br)c2c(F)cccc2Cl)cc1. The number of benzene rings is 2. The summed E-state index contributed by atoms with van der Waals surface area (Å²) in [7, 11) is 0. The van der Waals surface area contributed by atoms with Crippen LogP contribution < -0.4 is 4.74 Å². The highest BCUT2D eigenvalue weighted by Gasteiger charge is 2.18. The van der Waals surface area contributed by atoms with Gasteiger partial charge in [0, 0.05) is 10.6 Å². The van der Waals surface area contributed by atoms with Crippen molar-refractivity contribution >= 4 is 27.5 Å². The van der Waals surface area contributed by atoms with E-state index in [4.69, 9.17) is 16.3 Å². The first kappa shape index (κ1) is 15.3. The molecule has 106 valence electrons. The van der Waals surface area contributed by atoms with Crippen molar-refractivity contribution in [2.24, 2.45) is 0 Å². The lowest BCUT2D eigenvalue weighted by molar-refractivity contribution is 0.242. The second-order valence-corrected chi connectivity index (χ2v) is 6.06. The molecule has 0 aromatic heterocycles. The van der Waals surface area contributed by atoms with Crippen LogP contribution in [-0.2, 0) is 0 Å². The molecule has 0 heterocycles. The predicted octanol–water partition coefficient (Wildman–Crippen LogP) is 5.75. The summed E-state index contributed by atoms with van der Waals surface area (Å²) >= 11 is 9.59. The maximum atomic E-state index is 13.9. The fraction of sp³-hybridized carbons (Fsp3) is 0.250. The van der Waals surface area contributed by atoms with Crippen LogP contribution in [0, 0.1) is 5.82 Å². The van der Waals surface area contributed by atoms with E-state index in [1.807, 2.05) is 38.1 Å². The summed E-state index contributed by atoms with van der Waals surface area (Å²) in [5, 5.41) is 0.411. The first-order valence-electron chi connectivity index (χ1n) is 6.33. The van der Waals surface area contributed by atoms with Crippen LogP contribution in [0.1, 0.15) is 29.8 Å². The number of hydrogen-bond acceptors (Lipinski definition) is 1. The summed E-state index contributed by atoms with van der Waals surface area (Å²) < 4.78 is 19.5. The smallest absolute Gasteiger partial charge is 0.129 e. The van der Waals surface area contributed by atoms with Gasteiger partial charge in [-0.1, -0.05) is 45.7 Å². The minimum Gasteiger partial charge on any atom is -0.491 e. The Bertz CT molecular complexity index is 563. The van der Waals surface area contributed by atoms with Crippen LogP contribution >= 0.6 is 27.5 Å². The van der Waals surface area contributed by atoms with Gasteiger partial charge in [-0.3, -0.25) is 0 Å². The van der Waals surface area contributed by atoms with Crippen molar-refractivity contribution in [3.8, 4) is 5.75 Å². The third-order valence-corrected chi connectivity index (χ3v) is 4.11. The summed E-state index contributed by atoms with van der Waals surface area (Å²) in [4.78, 5) is -0.288. The normalized spacial score (nSPS) is 12.5. The molecule has 0 aliphatic heterocycles. The fourth-order valence-corrected chi connectivity index (χ4v) is 3.08. The minimum atomic E-state index is -0.318. The van der Waals surface area contributed by atoms with E-state index < -0.39 is 0 Å². The molecule has 0 saturated heterocycles. The van der Waals surface area contributed by atoms with Gasteiger partial charge in [-0.25, -0.2) is 4.39 Å². The van der Waals surface area contributed by atoms with Crippen molar-refractivity contribution in [2.75, 3.05) is 0 Å². The summed E-state index contributed by atoms with van der Waals surface area (Å²) in [5.74, 6) is 0.477. The Kier molecular flexibility index (Phi) is 5.06. The Labute approximate surface area is 131 Å². The number of rotatable bonds is 4. The monoisotopic (exact) mass is 356 g/mol. The van der Waals surface area contributed by atoms with Crippen LogP contribution in [0.3, 0.4) is 0 Å². The van der Waals surface area contributed by atoms with Gasteiger partial charge in [0.2, 0.25) is 0 Å². The van der Waals surface area contributed by atoms with E-state index in [-0.39, 0.29) is 16.7 Å². The largest absolute Gasteiger partial charge is 0.491 e. The second kappa shape index (κ2) is 6.59. The van der Waals surface area contributed by atoms with E-state index in [1.54, 1.807) is 12.1 Å². The zero-order chi connectivity index (χ0) is 14.7. The average molecular weight is 358 g/mol. The first-order chi connectivity index (χ1) is 9.49. The molecule has 0 aliphatic carbocycles. The third-order valence-electron chi connectivity index (χ3n) is 2.80. The van der Waals surface area contributed by atoms with Crippen molar-refractivity contribution < 1.29 is 9.13 Å². The molecule has 0 radical (unpaired) electrons. The molecule has 0 spiro atoms. The quantitative estimate of drug-likeness (QED) is 0.633. The van der Waals surface area contributed by atoms with E-state index in [2.05, 4.69) is 15.9 Å². The Hall–Kier alpha value is -1.06. The number of ether oxygens (including phenoxy) is 1. The van der Waals surface area contributed by atoms with Crippen LogP contribution in [0.4, 0.5) is 4.39 Å². The molecule has 1 unspecified atom stereocenters. The summed E-state index contributed by atoms with van der Waals surface area (Å²) in [6.45, 7) is 3.95. The van der Waals surface area contributed by atoms with Crippen LogP contribution in [0.5, 0.6) is 5.75 Å². The molecule has 0 N–H and O–H groups in total. The Balaban J connectivity index is 2.27. The molecule has 0 fully saturated rings. The standard InChI is InChI=1S/C16H15BrClFO/c1-10(2)20-12-8-6-11(7-9-12)16(17)15-13(18)4-3-5-14(15)19/h3-10,16H,1-2H3. The molecule has 1 atom stereocenters. The van der Waals surface area contributed by atoms with Crippen molar-refractivity contribution in [3.05, 3.63) is 64.4 Å². The Morgan fingerprint density at radius 2 is 1.75 bits per heavy atom. The molecular formula is C16H15BrClFO. The van der Waals surface area contributed by atoms with Crippen molar-refractivity contribution in [2.45, 2.75) is 24.8 Å². The lowest BCUT2D eigenvalue weighted by Crippen LogP contribution is -2.05. The molecule has 1 nitrogen and oxygen atoms in total. The average Bonchev–Trinajstić information content (AvgIpc) is 2.38. The second-order valence-electron chi connectivity index (χ2n) is 4.73. The van der Waals surface area contributed by atoms with Crippen LogP contribution in [0.2, 0.25) is 5.02 Å². The van der Waals surface area contributed by atoms with E-state index in [0.717, 1.165) is 11.3 Å². The van der Waals surface area contributed by atoms with Crippen LogP contribution in [0.15, 0.2) is 42.5 Å².